The van der Waals surface area contributed by atoms with E-state index in [-0.39, 0.29) is 17.5 Å². The van der Waals surface area contributed by atoms with Crippen molar-refractivity contribution < 1.29 is 14.4 Å². The van der Waals surface area contributed by atoms with E-state index >= 15 is 0 Å². The Hall–Kier alpha value is -4.48. The standard InChI is InChI=1S/C36H29ClN2O3/c1-2-9-22-16-18-24(19-17-22)33(40)31-32(34(41)25-11-4-6-13-27(25)37)39-29-15-8-3-10-23(29)20-21-30(39)36(31)26-12-5-7-14-28(26)38-35(36)42/h3-8,10-21,30-32H,2,9H2,1H3,(H,38,42)/t30-,31+,32-,36+/m1/s1. The minimum absolute atomic E-state index is 0.240. The average molecular weight is 573 g/mol. The van der Waals surface area contributed by atoms with Crippen molar-refractivity contribution in [3.05, 3.63) is 136 Å². The first kappa shape index (κ1) is 26.4. The van der Waals surface area contributed by atoms with Crippen molar-refractivity contribution in [2.24, 2.45) is 5.92 Å². The quantitative estimate of drug-likeness (QED) is 0.249. The van der Waals surface area contributed by atoms with E-state index in [4.69, 9.17) is 11.6 Å². The molecule has 42 heavy (non-hydrogen) atoms. The van der Waals surface area contributed by atoms with Crippen LogP contribution in [0.3, 0.4) is 0 Å². The van der Waals surface area contributed by atoms with E-state index < -0.39 is 23.4 Å². The van der Waals surface area contributed by atoms with Crippen LogP contribution in [0.2, 0.25) is 5.02 Å². The van der Waals surface area contributed by atoms with Gasteiger partial charge in [-0.15, -0.1) is 0 Å². The van der Waals surface area contributed by atoms with Crippen molar-refractivity contribution in [2.45, 2.75) is 37.3 Å². The molecule has 6 heteroatoms. The van der Waals surface area contributed by atoms with Crippen molar-refractivity contribution in [3.63, 3.8) is 0 Å². The number of nitrogens with zero attached hydrogens (tertiary/aromatic N) is 1. The summed E-state index contributed by atoms with van der Waals surface area (Å²) in [6, 6.07) is 28.3. The third-order valence-electron chi connectivity index (χ3n) is 9.01. The number of carbonyl (C=O) groups is 3. The number of rotatable bonds is 6. The molecule has 1 spiro atoms. The molecule has 0 bridgehead atoms. The van der Waals surface area contributed by atoms with Gasteiger partial charge in [0.25, 0.3) is 0 Å². The number of ketones is 2. The van der Waals surface area contributed by atoms with Gasteiger partial charge in [-0.2, -0.15) is 0 Å². The normalized spacial score (nSPS) is 23.3. The van der Waals surface area contributed by atoms with E-state index in [2.05, 4.69) is 12.2 Å². The van der Waals surface area contributed by atoms with Crippen LogP contribution < -0.4 is 10.2 Å². The van der Waals surface area contributed by atoms with Crippen LogP contribution in [0.25, 0.3) is 6.08 Å². The lowest BCUT2D eigenvalue weighted by Crippen LogP contribution is -2.51. The molecule has 0 unspecified atom stereocenters. The third-order valence-corrected chi connectivity index (χ3v) is 9.34. The van der Waals surface area contributed by atoms with Gasteiger partial charge >= 0.3 is 0 Å². The lowest BCUT2D eigenvalue weighted by molar-refractivity contribution is -0.121. The maximum Gasteiger partial charge on any atom is 0.238 e. The maximum atomic E-state index is 14.9. The molecule has 1 fully saturated rings. The van der Waals surface area contributed by atoms with Crippen LogP contribution in [0.15, 0.2) is 103 Å². The highest BCUT2D eigenvalue weighted by Crippen LogP contribution is 2.58. The summed E-state index contributed by atoms with van der Waals surface area (Å²) in [5.41, 5.74) is 3.71. The second-order valence-corrected chi connectivity index (χ2v) is 11.6. The summed E-state index contributed by atoms with van der Waals surface area (Å²) in [7, 11) is 0. The van der Waals surface area contributed by atoms with Gasteiger partial charge in [-0.25, -0.2) is 0 Å². The summed E-state index contributed by atoms with van der Waals surface area (Å²) < 4.78 is 0. The van der Waals surface area contributed by atoms with E-state index in [0.29, 0.717) is 21.8 Å². The molecule has 0 aliphatic carbocycles. The predicted octanol–water partition coefficient (Wildman–Crippen LogP) is 7.15. The van der Waals surface area contributed by atoms with E-state index in [1.807, 2.05) is 89.8 Å². The zero-order chi connectivity index (χ0) is 29.0. The first-order valence-electron chi connectivity index (χ1n) is 14.3. The number of nitrogens with one attached hydrogen (secondary N) is 1. The SMILES string of the molecule is CCCc1ccc(C(=O)[C@@H]2[C@H](C(=O)c3ccccc3Cl)N3c4ccccc4C=C[C@@H]3[C@]23C(=O)Nc2ccccc23)cc1. The molecule has 0 radical (unpaired) electrons. The summed E-state index contributed by atoms with van der Waals surface area (Å²) in [6.45, 7) is 2.12. The van der Waals surface area contributed by atoms with Crippen LogP contribution in [0.4, 0.5) is 11.4 Å². The largest absolute Gasteiger partial charge is 0.352 e. The lowest BCUT2D eigenvalue weighted by atomic mass is 9.64. The zero-order valence-corrected chi connectivity index (χ0v) is 23.8. The molecule has 7 rings (SSSR count). The van der Waals surface area contributed by atoms with Gasteiger partial charge in [0.1, 0.15) is 11.5 Å². The van der Waals surface area contributed by atoms with Gasteiger partial charge in [0.15, 0.2) is 11.6 Å². The molecule has 0 aromatic heterocycles. The number of halogens is 1. The molecule has 1 amide bonds. The summed E-state index contributed by atoms with van der Waals surface area (Å²) in [4.78, 5) is 46.1. The highest BCUT2D eigenvalue weighted by Gasteiger charge is 2.70. The molecule has 4 atom stereocenters. The van der Waals surface area contributed by atoms with E-state index in [1.165, 1.54) is 0 Å². The summed E-state index contributed by atoms with van der Waals surface area (Å²) >= 11 is 6.61. The highest BCUT2D eigenvalue weighted by atomic mass is 35.5. The van der Waals surface area contributed by atoms with Crippen LogP contribution in [-0.4, -0.2) is 29.6 Å². The van der Waals surface area contributed by atoms with Crippen molar-refractivity contribution in [1.29, 1.82) is 0 Å². The topological polar surface area (TPSA) is 66.5 Å². The Kier molecular flexibility index (Phi) is 6.36. The number of amides is 1. The van der Waals surface area contributed by atoms with Crippen molar-refractivity contribution in [3.8, 4) is 0 Å². The monoisotopic (exact) mass is 572 g/mol. The number of anilines is 2. The minimum Gasteiger partial charge on any atom is -0.352 e. The van der Waals surface area contributed by atoms with Gasteiger partial charge in [-0.3, -0.25) is 14.4 Å². The first-order valence-corrected chi connectivity index (χ1v) is 14.7. The number of hydrogen-bond acceptors (Lipinski definition) is 4. The van der Waals surface area contributed by atoms with E-state index in [0.717, 1.165) is 35.2 Å². The Morgan fingerprint density at radius 1 is 0.881 bits per heavy atom. The highest BCUT2D eigenvalue weighted by molar-refractivity contribution is 6.34. The van der Waals surface area contributed by atoms with Crippen LogP contribution >= 0.6 is 11.6 Å². The Morgan fingerprint density at radius 2 is 1.60 bits per heavy atom. The van der Waals surface area contributed by atoms with Gasteiger partial charge in [-0.1, -0.05) is 110 Å². The molecule has 0 saturated carbocycles. The summed E-state index contributed by atoms with van der Waals surface area (Å²) in [5.74, 6) is -1.83. The average Bonchev–Trinajstić information content (AvgIpc) is 3.49. The molecule has 208 valence electrons. The zero-order valence-electron chi connectivity index (χ0n) is 23.1. The predicted molar refractivity (Wildman–Crippen MR) is 166 cm³/mol. The van der Waals surface area contributed by atoms with Gasteiger partial charge < -0.3 is 10.2 Å². The maximum absolute atomic E-state index is 14.9. The Bertz CT molecular complexity index is 1780. The fourth-order valence-electron chi connectivity index (χ4n) is 7.24. The van der Waals surface area contributed by atoms with E-state index in [9.17, 15) is 14.4 Å². The Labute approximate surface area is 249 Å². The molecule has 5 nitrogen and oxygen atoms in total. The van der Waals surface area contributed by atoms with Crippen LogP contribution in [0.1, 0.15) is 50.8 Å². The van der Waals surface area contributed by atoms with Crippen LogP contribution in [0, 0.1) is 5.92 Å². The molecule has 3 aliphatic rings. The van der Waals surface area contributed by atoms with Gasteiger partial charge in [0.05, 0.1) is 17.0 Å². The second kappa shape index (κ2) is 10.1. The number of fused-ring (bicyclic) bond motifs is 6. The fourth-order valence-corrected chi connectivity index (χ4v) is 7.47. The van der Waals surface area contributed by atoms with Gasteiger partial charge in [0, 0.05) is 22.5 Å². The molecule has 4 aromatic rings. The second-order valence-electron chi connectivity index (χ2n) is 11.2. The molecule has 1 saturated heterocycles. The van der Waals surface area contributed by atoms with Gasteiger partial charge in [0.2, 0.25) is 5.91 Å². The molecule has 3 heterocycles. The fraction of sp³-hybridized carbons (Fsp3) is 0.194. The minimum atomic E-state index is -1.35. The number of Topliss-reactive ketones (excluding diaryl/α,β-unsaturated/α-hetero) is 2. The molecule has 3 aliphatic heterocycles. The molecular formula is C36H29ClN2O3. The van der Waals surface area contributed by atoms with Crippen molar-refractivity contribution >= 4 is 46.5 Å². The number of hydrogen-bond donors (Lipinski definition) is 1. The van der Waals surface area contributed by atoms with Crippen molar-refractivity contribution in [1.82, 2.24) is 0 Å². The summed E-state index contributed by atoms with van der Waals surface area (Å²) in [5, 5.41) is 3.38. The number of para-hydroxylation sites is 2. The van der Waals surface area contributed by atoms with Crippen LogP contribution in [-0.2, 0) is 16.6 Å². The smallest absolute Gasteiger partial charge is 0.238 e. The summed E-state index contributed by atoms with van der Waals surface area (Å²) in [6.07, 6.45) is 5.87. The number of carbonyl (C=O) groups excluding carboxylic acids is 3. The van der Waals surface area contributed by atoms with Crippen molar-refractivity contribution in [2.75, 3.05) is 10.2 Å². The number of benzene rings is 4. The lowest BCUT2D eigenvalue weighted by Gasteiger charge is -2.37. The van der Waals surface area contributed by atoms with Crippen LogP contribution in [0.5, 0.6) is 0 Å². The molecular weight excluding hydrogens is 544 g/mol. The number of aryl methyl sites for hydroxylation is 1. The first-order chi connectivity index (χ1) is 20.5. The third kappa shape index (κ3) is 3.73. The Balaban J connectivity index is 1.51. The Morgan fingerprint density at radius 3 is 2.38 bits per heavy atom. The molecule has 1 N–H and O–H groups in total. The molecule has 4 aromatic carbocycles. The van der Waals surface area contributed by atoms with Gasteiger partial charge in [-0.05, 0) is 47.4 Å². The van der Waals surface area contributed by atoms with E-state index in [1.54, 1.807) is 24.3 Å².